The number of urea groups is 1. The third kappa shape index (κ3) is 2.20. The van der Waals surface area contributed by atoms with Gasteiger partial charge in [-0.15, -0.1) is 0 Å². The van der Waals surface area contributed by atoms with Gasteiger partial charge in [0.25, 0.3) is 0 Å². The highest BCUT2D eigenvalue weighted by Crippen LogP contribution is 2.32. The number of nitrogens with one attached hydrogen (secondary N) is 1. The summed E-state index contributed by atoms with van der Waals surface area (Å²) < 4.78 is 9.77. The van der Waals surface area contributed by atoms with Crippen molar-refractivity contribution >= 4 is 18.0 Å². The molecule has 7 heteroatoms. The standard InChI is InChI=1S/C15H14N2O5/c1-21-13(18)10-11(9-5-3-2-4-6-9)16-15(20)17-7-8-22-14(19)12(10)17/h2-6,11H,7-8H2,1H3,(H,16,20). The molecule has 1 aromatic carbocycles. The molecule has 0 saturated carbocycles. The predicted octanol–water partition coefficient (Wildman–Crippen LogP) is 0.737. The number of fused-ring (bicyclic) bond motifs is 1. The lowest BCUT2D eigenvalue weighted by atomic mass is 9.94. The topological polar surface area (TPSA) is 84.9 Å². The van der Waals surface area contributed by atoms with Crippen molar-refractivity contribution in [2.24, 2.45) is 0 Å². The van der Waals surface area contributed by atoms with Crippen LogP contribution in [-0.2, 0) is 19.1 Å². The van der Waals surface area contributed by atoms with Crippen molar-refractivity contribution < 1.29 is 23.9 Å². The molecule has 2 amide bonds. The predicted molar refractivity (Wildman–Crippen MR) is 74.4 cm³/mol. The van der Waals surface area contributed by atoms with Crippen LogP contribution in [0.5, 0.6) is 0 Å². The SMILES string of the molecule is COC(=O)C1=C2C(=O)OCCN2C(=O)NC1c1ccccc1. The van der Waals surface area contributed by atoms with Gasteiger partial charge in [-0.2, -0.15) is 0 Å². The summed E-state index contributed by atoms with van der Waals surface area (Å²) in [4.78, 5) is 37.7. The lowest BCUT2D eigenvalue weighted by molar-refractivity contribution is -0.146. The number of nitrogens with zero attached hydrogens (tertiary/aromatic N) is 1. The second-order valence-corrected chi connectivity index (χ2v) is 4.83. The van der Waals surface area contributed by atoms with Crippen molar-refractivity contribution in [2.75, 3.05) is 20.3 Å². The minimum Gasteiger partial charge on any atom is -0.466 e. The van der Waals surface area contributed by atoms with Crippen LogP contribution in [-0.4, -0.2) is 43.1 Å². The lowest BCUT2D eigenvalue weighted by Crippen LogP contribution is -2.53. The Balaban J connectivity index is 2.17. The average molecular weight is 302 g/mol. The molecule has 114 valence electrons. The largest absolute Gasteiger partial charge is 0.466 e. The number of ether oxygens (including phenoxy) is 2. The van der Waals surface area contributed by atoms with Crippen molar-refractivity contribution in [3.63, 3.8) is 0 Å². The Labute approximate surface area is 126 Å². The number of carbonyl (C=O) groups is 3. The van der Waals surface area contributed by atoms with E-state index in [0.29, 0.717) is 5.56 Å². The number of amides is 2. The fourth-order valence-electron chi connectivity index (χ4n) is 2.61. The van der Waals surface area contributed by atoms with Crippen molar-refractivity contribution in [1.29, 1.82) is 0 Å². The molecular formula is C15H14N2O5. The third-order valence-electron chi connectivity index (χ3n) is 3.61. The lowest BCUT2D eigenvalue weighted by Gasteiger charge is -2.37. The molecule has 0 spiro atoms. The summed E-state index contributed by atoms with van der Waals surface area (Å²) in [6.45, 7) is 0.301. The number of morpholine rings is 1. The van der Waals surface area contributed by atoms with Gasteiger partial charge >= 0.3 is 18.0 Å². The minimum atomic E-state index is -0.752. The number of esters is 2. The van der Waals surface area contributed by atoms with Gasteiger partial charge in [-0.3, -0.25) is 4.90 Å². The molecule has 22 heavy (non-hydrogen) atoms. The van der Waals surface area contributed by atoms with Crippen LogP contribution >= 0.6 is 0 Å². The summed E-state index contributed by atoms with van der Waals surface area (Å²) in [5.41, 5.74) is 0.718. The molecule has 1 atom stereocenters. The number of methoxy groups -OCH3 is 1. The number of carbonyl (C=O) groups excluding carboxylic acids is 3. The number of benzene rings is 1. The van der Waals surface area contributed by atoms with Gasteiger partial charge in [0, 0.05) is 0 Å². The van der Waals surface area contributed by atoms with Crippen molar-refractivity contribution in [1.82, 2.24) is 10.2 Å². The van der Waals surface area contributed by atoms with Crippen molar-refractivity contribution in [3.05, 3.63) is 47.2 Å². The van der Waals surface area contributed by atoms with E-state index in [4.69, 9.17) is 9.47 Å². The zero-order valence-electron chi connectivity index (χ0n) is 11.9. The van der Waals surface area contributed by atoms with Gasteiger partial charge in [0.2, 0.25) is 0 Å². The Morgan fingerprint density at radius 1 is 1.32 bits per heavy atom. The zero-order chi connectivity index (χ0) is 15.7. The summed E-state index contributed by atoms with van der Waals surface area (Å²) in [5, 5.41) is 2.74. The van der Waals surface area contributed by atoms with Crippen molar-refractivity contribution in [3.8, 4) is 0 Å². The highest BCUT2D eigenvalue weighted by molar-refractivity contribution is 6.06. The first kappa shape index (κ1) is 14.1. The van der Waals surface area contributed by atoms with E-state index in [1.165, 1.54) is 12.0 Å². The van der Waals surface area contributed by atoms with Crippen molar-refractivity contribution in [2.45, 2.75) is 6.04 Å². The molecule has 7 nitrogen and oxygen atoms in total. The van der Waals surface area contributed by atoms with Crippen LogP contribution in [0, 0.1) is 0 Å². The molecule has 1 saturated heterocycles. The summed E-state index contributed by atoms with van der Waals surface area (Å²) in [7, 11) is 1.23. The Kier molecular flexibility index (Phi) is 3.54. The van der Waals surface area contributed by atoms with Gasteiger partial charge in [-0.25, -0.2) is 14.4 Å². The maximum atomic E-state index is 12.2. The van der Waals surface area contributed by atoms with Crippen LogP contribution in [0.1, 0.15) is 11.6 Å². The van der Waals surface area contributed by atoms with Gasteiger partial charge < -0.3 is 14.8 Å². The van der Waals surface area contributed by atoms with Gasteiger partial charge in [0.1, 0.15) is 12.3 Å². The Morgan fingerprint density at radius 2 is 2.05 bits per heavy atom. The number of cyclic esters (lactones) is 1. The smallest absolute Gasteiger partial charge is 0.355 e. The molecule has 2 aliphatic heterocycles. The van der Waals surface area contributed by atoms with Gasteiger partial charge in [-0.05, 0) is 5.56 Å². The monoisotopic (exact) mass is 302 g/mol. The van der Waals surface area contributed by atoms with E-state index in [9.17, 15) is 14.4 Å². The fraction of sp³-hybridized carbons (Fsp3) is 0.267. The van der Waals surface area contributed by atoms with Crippen LogP contribution in [0.3, 0.4) is 0 Å². The Hall–Kier alpha value is -2.83. The maximum Gasteiger partial charge on any atom is 0.355 e. The molecule has 1 N–H and O–H groups in total. The van der Waals surface area contributed by atoms with E-state index in [2.05, 4.69) is 5.32 Å². The number of rotatable bonds is 2. The highest BCUT2D eigenvalue weighted by Gasteiger charge is 2.43. The third-order valence-corrected chi connectivity index (χ3v) is 3.61. The van der Waals surface area contributed by atoms with E-state index < -0.39 is 24.0 Å². The molecule has 1 unspecified atom stereocenters. The molecular weight excluding hydrogens is 288 g/mol. The molecule has 0 aromatic heterocycles. The van der Waals surface area contributed by atoms with E-state index >= 15 is 0 Å². The van der Waals surface area contributed by atoms with Crippen LogP contribution in [0.15, 0.2) is 41.6 Å². The summed E-state index contributed by atoms with van der Waals surface area (Å²) >= 11 is 0. The molecule has 0 bridgehead atoms. The Bertz CT molecular complexity index is 668. The maximum absolute atomic E-state index is 12.2. The van der Waals surface area contributed by atoms with Crippen LogP contribution in [0.2, 0.25) is 0 Å². The molecule has 1 fully saturated rings. The summed E-state index contributed by atoms with van der Waals surface area (Å²) in [6.07, 6.45) is 0. The second kappa shape index (κ2) is 5.51. The first-order valence-electron chi connectivity index (χ1n) is 6.76. The Morgan fingerprint density at radius 3 is 2.73 bits per heavy atom. The van der Waals surface area contributed by atoms with E-state index in [0.717, 1.165) is 0 Å². The van der Waals surface area contributed by atoms with Crippen LogP contribution in [0.25, 0.3) is 0 Å². The van der Waals surface area contributed by atoms with Gasteiger partial charge in [0.05, 0.1) is 25.3 Å². The summed E-state index contributed by atoms with van der Waals surface area (Å²) in [6, 6.07) is 7.72. The first-order valence-corrected chi connectivity index (χ1v) is 6.76. The van der Waals surface area contributed by atoms with Gasteiger partial charge in [-0.1, -0.05) is 30.3 Å². The number of hydrogen-bond donors (Lipinski definition) is 1. The van der Waals surface area contributed by atoms with Gasteiger partial charge in [0.15, 0.2) is 0 Å². The molecule has 0 aliphatic carbocycles. The molecule has 0 radical (unpaired) electrons. The van der Waals surface area contributed by atoms with E-state index in [1.54, 1.807) is 24.3 Å². The minimum absolute atomic E-state index is 0.0456. The van der Waals surface area contributed by atoms with Crippen LogP contribution in [0.4, 0.5) is 4.79 Å². The second-order valence-electron chi connectivity index (χ2n) is 4.83. The normalized spacial score (nSPS) is 21.0. The van der Waals surface area contributed by atoms with Crippen LogP contribution < -0.4 is 5.32 Å². The first-order chi connectivity index (χ1) is 10.6. The van der Waals surface area contributed by atoms with E-state index in [-0.39, 0.29) is 24.4 Å². The quantitative estimate of drug-likeness (QED) is 0.814. The fourth-order valence-corrected chi connectivity index (χ4v) is 2.61. The summed E-state index contributed by atoms with van der Waals surface area (Å²) in [5.74, 6) is -1.37. The average Bonchev–Trinajstić information content (AvgIpc) is 2.55. The molecule has 2 aliphatic rings. The number of hydrogen-bond acceptors (Lipinski definition) is 5. The molecule has 3 rings (SSSR count). The zero-order valence-corrected chi connectivity index (χ0v) is 11.9. The highest BCUT2D eigenvalue weighted by atomic mass is 16.5. The molecule has 2 heterocycles. The molecule has 1 aromatic rings. The van der Waals surface area contributed by atoms with E-state index in [1.807, 2.05) is 6.07 Å².